The number of phenols is 1. The number of aryl methyl sites for hydroxylation is 1. The van der Waals surface area contributed by atoms with Crippen LogP contribution in [-0.4, -0.2) is 11.0 Å². The van der Waals surface area contributed by atoms with Crippen LogP contribution >= 0.6 is 0 Å². The average Bonchev–Trinajstić information content (AvgIpc) is 2.61. The second kappa shape index (κ2) is 8.55. The molecule has 0 aliphatic rings. The number of nitrogens with one attached hydrogen (secondary N) is 1. The zero-order valence-corrected chi connectivity index (χ0v) is 16.5. The van der Waals surface area contributed by atoms with Crippen molar-refractivity contribution in [3.8, 4) is 11.8 Å². The van der Waals surface area contributed by atoms with Gasteiger partial charge >= 0.3 is 0 Å². The monoisotopic (exact) mass is 362 g/mol. The van der Waals surface area contributed by atoms with Gasteiger partial charge in [0.2, 0.25) is 0 Å². The molecule has 2 aromatic rings. The fourth-order valence-electron chi connectivity index (χ4n) is 2.89. The van der Waals surface area contributed by atoms with Gasteiger partial charge in [0.05, 0.1) is 0 Å². The molecule has 2 aromatic carbocycles. The van der Waals surface area contributed by atoms with E-state index in [9.17, 15) is 15.2 Å². The Kier molecular flexibility index (Phi) is 6.41. The standard InChI is InChI=1S/C23H26N2O2/c1-14(2)19-11-17(12-20(15(3)4)22(19)26)10-18(13-24)23(27)25-21-9-7-6-8-16(21)5/h6-12,14-15,26H,1-5H3,(H,25,27)/b18-10+. The van der Waals surface area contributed by atoms with Crippen LogP contribution in [0.3, 0.4) is 0 Å². The van der Waals surface area contributed by atoms with Crippen molar-refractivity contribution in [1.29, 1.82) is 5.26 Å². The summed E-state index contributed by atoms with van der Waals surface area (Å²) in [6, 6.07) is 13.1. The lowest BCUT2D eigenvalue weighted by atomic mass is 9.91. The first kappa shape index (κ1) is 20.3. The number of phenolic OH excluding ortho intramolecular Hbond substituents is 1. The molecule has 0 aliphatic carbocycles. The Balaban J connectivity index is 2.44. The summed E-state index contributed by atoms with van der Waals surface area (Å²) in [6.45, 7) is 9.91. The molecular formula is C23H26N2O2. The van der Waals surface area contributed by atoms with E-state index < -0.39 is 5.91 Å². The summed E-state index contributed by atoms with van der Waals surface area (Å²) in [7, 11) is 0. The van der Waals surface area contributed by atoms with E-state index in [-0.39, 0.29) is 17.4 Å². The van der Waals surface area contributed by atoms with Crippen LogP contribution in [0.15, 0.2) is 42.0 Å². The number of nitriles is 1. The van der Waals surface area contributed by atoms with E-state index in [0.29, 0.717) is 11.4 Å². The number of carbonyl (C=O) groups excluding carboxylic acids is 1. The van der Waals surface area contributed by atoms with E-state index in [1.165, 1.54) is 0 Å². The van der Waals surface area contributed by atoms with E-state index in [0.717, 1.165) is 22.3 Å². The van der Waals surface area contributed by atoms with Crippen molar-refractivity contribution in [2.45, 2.75) is 46.5 Å². The predicted molar refractivity (Wildman–Crippen MR) is 110 cm³/mol. The summed E-state index contributed by atoms with van der Waals surface area (Å²) in [5.74, 6) is 0.0986. The molecule has 4 heteroatoms. The van der Waals surface area contributed by atoms with Crippen molar-refractivity contribution >= 4 is 17.7 Å². The first-order valence-electron chi connectivity index (χ1n) is 9.10. The van der Waals surface area contributed by atoms with Gasteiger partial charge in [-0.15, -0.1) is 0 Å². The van der Waals surface area contributed by atoms with Gasteiger partial charge < -0.3 is 10.4 Å². The van der Waals surface area contributed by atoms with Gasteiger partial charge in [0.25, 0.3) is 5.91 Å². The molecule has 0 aromatic heterocycles. The van der Waals surface area contributed by atoms with Crippen molar-refractivity contribution in [2.75, 3.05) is 5.32 Å². The van der Waals surface area contributed by atoms with E-state index in [1.807, 2.05) is 71.0 Å². The van der Waals surface area contributed by atoms with Crippen LogP contribution in [0, 0.1) is 18.3 Å². The Morgan fingerprint density at radius 3 is 2.15 bits per heavy atom. The van der Waals surface area contributed by atoms with Gasteiger partial charge in [-0.2, -0.15) is 5.26 Å². The molecule has 0 spiro atoms. The van der Waals surface area contributed by atoms with E-state index >= 15 is 0 Å². The van der Waals surface area contributed by atoms with Gasteiger partial charge in [-0.3, -0.25) is 4.79 Å². The molecule has 0 bridgehead atoms. The van der Waals surface area contributed by atoms with Crippen molar-refractivity contribution < 1.29 is 9.90 Å². The first-order valence-corrected chi connectivity index (χ1v) is 9.10. The minimum Gasteiger partial charge on any atom is -0.507 e. The van der Waals surface area contributed by atoms with Crippen LogP contribution < -0.4 is 5.32 Å². The molecular weight excluding hydrogens is 336 g/mol. The SMILES string of the molecule is Cc1ccccc1NC(=O)/C(C#N)=C/c1cc(C(C)C)c(O)c(C(C)C)c1. The molecule has 0 unspecified atom stereocenters. The van der Waals surface area contributed by atoms with Crippen LogP contribution in [0.5, 0.6) is 5.75 Å². The maximum Gasteiger partial charge on any atom is 0.266 e. The number of nitrogens with zero attached hydrogens (tertiary/aromatic N) is 1. The lowest BCUT2D eigenvalue weighted by molar-refractivity contribution is -0.112. The second-order valence-corrected chi connectivity index (χ2v) is 7.30. The van der Waals surface area contributed by atoms with Gasteiger partial charge in [0.15, 0.2) is 0 Å². The van der Waals surface area contributed by atoms with Crippen molar-refractivity contribution in [3.05, 3.63) is 64.2 Å². The van der Waals surface area contributed by atoms with Gasteiger partial charge in [-0.05, 0) is 65.3 Å². The number of anilines is 1. The van der Waals surface area contributed by atoms with E-state index in [2.05, 4.69) is 5.32 Å². The quantitative estimate of drug-likeness (QED) is 0.545. The molecule has 2 N–H and O–H groups in total. The molecule has 0 saturated carbocycles. The average molecular weight is 362 g/mol. The highest BCUT2D eigenvalue weighted by Crippen LogP contribution is 2.35. The summed E-state index contributed by atoms with van der Waals surface area (Å²) < 4.78 is 0. The number of rotatable bonds is 5. The minimum absolute atomic E-state index is 0.0216. The second-order valence-electron chi connectivity index (χ2n) is 7.30. The smallest absolute Gasteiger partial charge is 0.266 e. The Labute approximate surface area is 161 Å². The third-order valence-corrected chi connectivity index (χ3v) is 4.50. The van der Waals surface area contributed by atoms with Gasteiger partial charge in [0, 0.05) is 5.69 Å². The molecule has 27 heavy (non-hydrogen) atoms. The lowest BCUT2D eigenvalue weighted by Gasteiger charge is -2.16. The highest BCUT2D eigenvalue weighted by Gasteiger charge is 2.16. The maximum atomic E-state index is 12.6. The summed E-state index contributed by atoms with van der Waals surface area (Å²) in [6.07, 6.45) is 1.57. The van der Waals surface area contributed by atoms with Crippen LogP contribution in [0.2, 0.25) is 0 Å². The van der Waals surface area contributed by atoms with E-state index in [4.69, 9.17) is 0 Å². The highest BCUT2D eigenvalue weighted by atomic mass is 16.3. The number of carbonyl (C=O) groups is 1. The molecule has 1 amide bonds. The number of para-hydroxylation sites is 1. The molecule has 140 valence electrons. The third-order valence-electron chi connectivity index (χ3n) is 4.50. The zero-order valence-electron chi connectivity index (χ0n) is 16.5. The van der Waals surface area contributed by atoms with Gasteiger partial charge in [-0.1, -0.05) is 45.9 Å². The molecule has 0 radical (unpaired) electrons. The molecule has 0 heterocycles. The zero-order chi connectivity index (χ0) is 20.1. The largest absolute Gasteiger partial charge is 0.507 e. The van der Waals surface area contributed by atoms with E-state index in [1.54, 1.807) is 12.1 Å². The van der Waals surface area contributed by atoms with Crippen molar-refractivity contribution in [2.24, 2.45) is 0 Å². The van der Waals surface area contributed by atoms with Crippen LogP contribution in [0.1, 0.15) is 61.8 Å². The number of benzene rings is 2. The fourth-order valence-corrected chi connectivity index (χ4v) is 2.89. The first-order chi connectivity index (χ1) is 12.7. The predicted octanol–water partition coefficient (Wildman–Crippen LogP) is 5.49. The summed E-state index contributed by atoms with van der Waals surface area (Å²) in [4.78, 5) is 12.6. The summed E-state index contributed by atoms with van der Waals surface area (Å²) in [5, 5.41) is 22.8. The molecule has 0 fully saturated rings. The Hall–Kier alpha value is -3.06. The Bertz CT molecular complexity index is 889. The molecule has 4 nitrogen and oxygen atoms in total. The van der Waals surface area contributed by atoms with Crippen molar-refractivity contribution in [3.63, 3.8) is 0 Å². The Morgan fingerprint density at radius 1 is 1.11 bits per heavy atom. The third kappa shape index (κ3) is 4.77. The van der Waals surface area contributed by atoms with Crippen LogP contribution in [-0.2, 0) is 4.79 Å². The van der Waals surface area contributed by atoms with Crippen LogP contribution in [0.25, 0.3) is 6.08 Å². The minimum atomic E-state index is -0.447. The lowest BCUT2D eigenvalue weighted by Crippen LogP contribution is -2.14. The van der Waals surface area contributed by atoms with Crippen LogP contribution in [0.4, 0.5) is 5.69 Å². The fraction of sp³-hybridized carbons (Fsp3) is 0.304. The summed E-state index contributed by atoms with van der Waals surface area (Å²) >= 11 is 0. The van der Waals surface area contributed by atoms with Gasteiger partial charge in [-0.25, -0.2) is 0 Å². The van der Waals surface area contributed by atoms with Crippen molar-refractivity contribution in [1.82, 2.24) is 0 Å². The maximum absolute atomic E-state index is 12.6. The molecule has 0 aliphatic heterocycles. The Morgan fingerprint density at radius 2 is 1.67 bits per heavy atom. The normalized spacial score (nSPS) is 11.6. The molecule has 0 saturated heterocycles. The summed E-state index contributed by atoms with van der Waals surface area (Å²) in [5.41, 5.74) is 3.98. The molecule has 2 rings (SSSR count). The number of hydrogen-bond acceptors (Lipinski definition) is 3. The topological polar surface area (TPSA) is 73.1 Å². The number of hydrogen-bond donors (Lipinski definition) is 2. The number of amides is 1. The highest BCUT2D eigenvalue weighted by molar-refractivity contribution is 6.10. The molecule has 0 atom stereocenters. The van der Waals surface area contributed by atoms with Gasteiger partial charge in [0.1, 0.15) is 17.4 Å². The number of aromatic hydroxyl groups is 1.